The predicted octanol–water partition coefficient (Wildman–Crippen LogP) is 21.9. The number of hydrogen-bond donors (Lipinski definition) is 0. The van der Waals surface area contributed by atoms with E-state index in [1.54, 1.807) is 133 Å². The molecule has 4 aliphatic rings. The Morgan fingerprint density at radius 3 is 0.861 bits per heavy atom. The fraction of sp³-hybridized carbons (Fsp3) is 0.560. The summed E-state index contributed by atoms with van der Waals surface area (Å²) in [6.07, 6.45) is 32.8. The molecular weight excluding hydrogens is 1550 g/mol. The highest BCUT2D eigenvalue weighted by molar-refractivity contribution is 5.97. The highest BCUT2D eigenvalue weighted by Gasteiger charge is 2.35. The van der Waals surface area contributed by atoms with Crippen molar-refractivity contribution in [3.8, 4) is 46.0 Å². The molecule has 660 valence electrons. The lowest BCUT2D eigenvalue weighted by Gasteiger charge is -2.36. The predicted molar refractivity (Wildman–Crippen MR) is 461 cm³/mol. The Morgan fingerprint density at radius 2 is 0.525 bits per heavy atom. The highest BCUT2D eigenvalue weighted by Crippen LogP contribution is 2.44. The summed E-state index contributed by atoms with van der Waals surface area (Å²) in [5.74, 6) is 3.39. The lowest BCUT2D eigenvalue weighted by Crippen LogP contribution is -2.29. The summed E-state index contributed by atoms with van der Waals surface area (Å²) in [5.41, 5.74) is 0.775. The van der Waals surface area contributed by atoms with Gasteiger partial charge < -0.3 is 56.8 Å². The molecule has 0 bridgehead atoms. The van der Waals surface area contributed by atoms with Gasteiger partial charge in [0.15, 0.2) is 0 Å². The van der Waals surface area contributed by atoms with Gasteiger partial charge in [-0.2, -0.15) is 0 Å². The number of benzene rings is 6. The number of ether oxygens (including phenoxy) is 12. The summed E-state index contributed by atoms with van der Waals surface area (Å²) in [6, 6.07) is 36.8. The third kappa shape index (κ3) is 33.9. The van der Waals surface area contributed by atoms with E-state index in [9.17, 15) is 47.9 Å². The minimum Gasteiger partial charge on any atom is -0.494 e. The van der Waals surface area contributed by atoms with E-state index in [2.05, 4.69) is 13.8 Å². The van der Waals surface area contributed by atoms with Crippen LogP contribution in [0.4, 0.5) is 0 Å². The molecule has 0 saturated heterocycles. The first-order chi connectivity index (χ1) is 59.4. The zero-order chi connectivity index (χ0) is 85.9. The summed E-state index contributed by atoms with van der Waals surface area (Å²) >= 11 is 0. The maximum atomic E-state index is 13.0. The van der Waals surface area contributed by atoms with Gasteiger partial charge in [-0.15, -0.1) is 0 Å². The monoisotopic (exact) mass is 1680 g/mol. The lowest BCUT2D eigenvalue weighted by atomic mass is 9.69. The van der Waals surface area contributed by atoms with Gasteiger partial charge in [-0.25, -0.2) is 9.59 Å². The maximum Gasteiger partial charge on any atom is 0.343 e. The van der Waals surface area contributed by atoms with E-state index in [0.29, 0.717) is 121 Å². The van der Waals surface area contributed by atoms with E-state index in [1.807, 2.05) is 0 Å². The van der Waals surface area contributed by atoms with E-state index in [1.165, 1.54) is 51.4 Å². The Bertz CT molecular complexity index is 3950. The Balaban J connectivity index is 0.466. The average Bonchev–Trinajstić information content (AvgIpc) is 0.798. The number of rotatable bonds is 50. The van der Waals surface area contributed by atoms with Crippen LogP contribution in [-0.2, 0) is 57.3 Å². The fourth-order valence-corrected chi connectivity index (χ4v) is 17.0. The molecule has 0 aromatic heterocycles. The first kappa shape index (κ1) is 94.1. The third-order valence-electron chi connectivity index (χ3n) is 24.4. The Kier molecular flexibility index (Phi) is 40.4. The minimum absolute atomic E-state index is 0.0715. The number of fused-ring (bicyclic) bond motifs is 1. The second-order valence-electron chi connectivity index (χ2n) is 33.9. The fourth-order valence-electron chi connectivity index (χ4n) is 17.0. The molecule has 0 unspecified atom stereocenters. The molecule has 0 heterocycles. The van der Waals surface area contributed by atoms with Gasteiger partial charge in [0.2, 0.25) is 0 Å². The molecule has 22 heteroatoms. The first-order valence-electron chi connectivity index (χ1n) is 45.5. The zero-order valence-electron chi connectivity index (χ0n) is 71.8. The van der Waals surface area contributed by atoms with Gasteiger partial charge >= 0.3 is 59.7 Å². The lowest BCUT2D eigenvalue weighted by molar-refractivity contribution is -0.147. The second kappa shape index (κ2) is 52.4. The number of carbonyl (C=O) groups is 10. The molecule has 4 fully saturated rings. The Morgan fingerprint density at radius 1 is 0.254 bits per heavy atom. The first-order valence-corrected chi connectivity index (χ1v) is 45.5. The van der Waals surface area contributed by atoms with Gasteiger partial charge in [-0.05, 0) is 291 Å². The van der Waals surface area contributed by atoms with Crippen LogP contribution in [0.5, 0.6) is 46.0 Å². The molecule has 6 aromatic carbocycles. The van der Waals surface area contributed by atoms with Crippen molar-refractivity contribution in [3.63, 3.8) is 0 Å². The molecule has 22 nitrogen and oxygen atoms in total. The molecule has 0 amide bonds. The van der Waals surface area contributed by atoms with Crippen molar-refractivity contribution in [2.24, 2.45) is 47.3 Å². The van der Waals surface area contributed by atoms with E-state index in [4.69, 9.17) is 56.8 Å². The normalized spacial score (nSPS) is 18.9. The van der Waals surface area contributed by atoms with Crippen LogP contribution in [0, 0.1) is 47.3 Å². The molecule has 10 rings (SSSR count). The summed E-state index contributed by atoms with van der Waals surface area (Å²) in [7, 11) is 0. The summed E-state index contributed by atoms with van der Waals surface area (Å²) in [4.78, 5) is 127. The van der Waals surface area contributed by atoms with E-state index in [0.717, 1.165) is 164 Å². The van der Waals surface area contributed by atoms with E-state index >= 15 is 0 Å². The van der Waals surface area contributed by atoms with Crippen LogP contribution in [0.1, 0.15) is 291 Å². The van der Waals surface area contributed by atoms with Crippen molar-refractivity contribution in [2.75, 3.05) is 39.6 Å². The summed E-state index contributed by atoms with van der Waals surface area (Å²) in [5, 5.41) is 0.990. The van der Waals surface area contributed by atoms with E-state index < -0.39 is 35.8 Å². The number of hydrogen-bond acceptors (Lipinski definition) is 22. The Hall–Kier alpha value is -10.1. The third-order valence-corrected chi connectivity index (χ3v) is 24.4. The molecular formula is C100H128O22. The average molecular weight is 1680 g/mol. The molecule has 0 N–H and O–H groups in total. The standard InChI is InChI=1S/C100H128O22/c1-71-29-33-73(34-30-71)75-37-41-78(42-38-75)97(107)117-84-53-57-86(58-54-84)119-99(109)80-45-49-82(50-46-80)111-65-15-7-3-5-9-17-67-113-90(101)27-13-11-19-69-115-92(103)61-63-94(105)121-88-25-21-23-77-24-22-26-89(96(77)88)122-95(106)64-62-93(104)116-70-20-12-14-28-91(102)114-68-18-10-6-4-8-16-66-112-83-51-47-81(48-52-83)100(110)120-87-59-55-85(56-60-87)118-98(108)79-43-39-76(40-44-79)74-35-31-72(2)32-36-74/h21-26,45-60,71-76,78-79H,3-20,27-44,61-70H2,1-2H3. The maximum absolute atomic E-state index is 13.0. The molecule has 0 radical (unpaired) electrons. The molecule has 6 aromatic rings. The molecule has 0 aliphatic heterocycles. The SMILES string of the molecule is CC1CCC(C2CCC(C(=O)Oc3ccc(OC(=O)c4ccc(OCCCCCCCCOC(=O)CCCCCOC(=O)CCC(=O)Oc5cccc6cccc(OC(=O)CCC(=O)OCCCCCC(=O)OCCCCCCCCOc7ccc(C(=O)Oc8ccc(OC(=O)C9CCC(C%10CCC(C)CC%10)CC9)cc8)cc7)c56)cc4)cc3)CC2)CC1. The van der Waals surface area contributed by atoms with Gasteiger partial charge in [0.05, 0.1) is 93.7 Å². The van der Waals surface area contributed by atoms with Crippen LogP contribution in [-0.4, -0.2) is 99.3 Å². The zero-order valence-corrected chi connectivity index (χ0v) is 71.8. The summed E-state index contributed by atoms with van der Waals surface area (Å²) < 4.78 is 67.2. The van der Waals surface area contributed by atoms with Crippen LogP contribution < -0.4 is 37.9 Å². The van der Waals surface area contributed by atoms with E-state index in [-0.39, 0.29) is 99.0 Å². The quantitative estimate of drug-likeness (QED) is 0.0148. The van der Waals surface area contributed by atoms with Gasteiger partial charge in [0.25, 0.3) is 0 Å². The van der Waals surface area contributed by atoms with Crippen molar-refractivity contribution in [3.05, 3.63) is 145 Å². The van der Waals surface area contributed by atoms with Crippen LogP contribution in [0.25, 0.3) is 10.8 Å². The highest BCUT2D eigenvalue weighted by atomic mass is 16.6. The number of carbonyl (C=O) groups excluding carboxylic acids is 10. The van der Waals surface area contributed by atoms with Crippen LogP contribution in [0.3, 0.4) is 0 Å². The van der Waals surface area contributed by atoms with Gasteiger partial charge in [0.1, 0.15) is 46.0 Å². The van der Waals surface area contributed by atoms with Crippen LogP contribution >= 0.6 is 0 Å². The molecule has 0 atom stereocenters. The van der Waals surface area contributed by atoms with Crippen molar-refractivity contribution in [2.45, 2.75) is 271 Å². The minimum atomic E-state index is -0.692. The van der Waals surface area contributed by atoms with Gasteiger partial charge in [0, 0.05) is 12.8 Å². The largest absolute Gasteiger partial charge is 0.494 e. The molecule has 4 aliphatic carbocycles. The van der Waals surface area contributed by atoms with Crippen molar-refractivity contribution < 1.29 is 105 Å². The van der Waals surface area contributed by atoms with Crippen molar-refractivity contribution in [1.29, 1.82) is 0 Å². The number of esters is 10. The smallest absolute Gasteiger partial charge is 0.343 e. The molecule has 122 heavy (non-hydrogen) atoms. The number of unbranched alkanes of at least 4 members (excludes halogenated alkanes) is 14. The second-order valence-corrected chi connectivity index (χ2v) is 33.9. The summed E-state index contributed by atoms with van der Waals surface area (Å²) in [6.45, 7) is 6.78. The van der Waals surface area contributed by atoms with Crippen molar-refractivity contribution >= 4 is 70.5 Å². The Labute approximate surface area is 719 Å². The molecule has 0 spiro atoms. The van der Waals surface area contributed by atoms with Gasteiger partial charge in [-0.3, -0.25) is 38.4 Å². The van der Waals surface area contributed by atoms with Crippen LogP contribution in [0.15, 0.2) is 133 Å². The van der Waals surface area contributed by atoms with Crippen LogP contribution in [0.2, 0.25) is 0 Å². The van der Waals surface area contributed by atoms with Crippen molar-refractivity contribution in [1.82, 2.24) is 0 Å². The topological polar surface area (TPSA) is 281 Å². The molecule has 4 saturated carbocycles. The van der Waals surface area contributed by atoms with Gasteiger partial charge in [-0.1, -0.05) is 115 Å².